The highest BCUT2D eigenvalue weighted by molar-refractivity contribution is 7.80. The first-order valence-corrected chi connectivity index (χ1v) is 4.45. The molecule has 0 aromatic heterocycles. The Balaban J connectivity index is 3.01. The van der Waals surface area contributed by atoms with Crippen LogP contribution in [0.2, 0.25) is 0 Å². The zero-order valence-corrected chi connectivity index (χ0v) is 7.57. The first-order valence-electron chi connectivity index (χ1n) is 3.82. The van der Waals surface area contributed by atoms with Gasteiger partial charge in [0.1, 0.15) is 0 Å². The van der Waals surface area contributed by atoms with Crippen LogP contribution in [0.4, 0.5) is 0 Å². The third-order valence-electron chi connectivity index (χ3n) is 1.32. The molecule has 0 saturated heterocycles. The van der Waals surface area contributed by atoms with Crippen molar-refractivity contribution >= 4 is 18.5 Å². The highest BCUT2D eigenvalue weighted by Gasteiger charge is 1.91. The first-order chi connectivity index (χ1) is 5.31. The molecule has 0 saturated carbocycles. The van der Waals surface area contributed by atoms with Crippen molar-refractivity contribution in [3.8, 4) is 0 Å². The number of carbonyl (C=O) groups excluding carboxylic acids is 1. The van der Waals surface area contributed by atoms with Crippen LogP contribution in [-0.2, 0) is 4.79 Å². The van der Waals surface area contributed by atoms with Crippen molar-refractivity contribution in [2.75, 3.05) is 12.3 Å². The first kappa shape index (κ1) is 10.6. The van der Waals surface area contributed by atoms with Crippen LogP contribution >= 0.6 is 12.6 Å². The van der Waals surface area contributed by atoms with Crippen molar-refractivity contribution < 1.29 is 4.79 Å². The molecule has 0 unspecified atom stereocenters. The summed E-state index contributed by atoms with van der Waals surface area (Å²) in [6, 6.07) is 0. The van der Waals surface area contributed by atoms with Crippen LogP contribution in [0.5, 0.6) is 0 Å². The van der Waals surface area contributed by atoms with E-state index in [1.165, 1.54) is 6.08 Å². The number of hydrogen-bond donors (Lipinski definition) is 2. The van der Waals surface area contributed by atoms with Gasteiger partial charge >= 0.3 is 0 Å². The minimum atomic E-state index is -0.0872. The average molecular weight is 173 g/mol. The van der Waals surface area contributed by atoms with E-state index in [0.29, 0.717) is 0 Å². The van der Waals surface area contributed by atoms with E-state index < -0.39 is 0 Å². The lowest BCUT2D eigenvalue weighted by molar-refractivity contribution is -0.116. The van der Waals surface area contributed by atoms with Gasteiger partial charge in [0.15, 0.2) is 0 Å². The quantitative estimate of drug-likeness (QED) is 0.355. The summed E-state index contributed by atoms with van der Waals surface area (Å²) in [7, 11) is 0. The molecule has 3 heteroatoms. The number of rotatable bonds is 6. The van der Waals surface area contributed by atoms with E-state index >= 15 is 0 Å². The zero-order valence-electron chi connectivity index (χ0n) is 6.68. The normalized spacial score (nSPS) is 9.18. The summed E-state index contributed by atoms with van der Waals surface area (Å²) in [6.07, 6.45) is 4.56. The van der Waals surface area contributed by atoms with Gasteiger partial charge in [-0.3, -0.25) is 4.79 Å². The lowest BCUT2D eigenvalue weighted by atomic mass is 10.2. The van der Waals surface area contributed by atoms with Crippen molar-refractivity contribution in [2.24, 2.45) is 0 Å². The van der Waals surface area contributed by atoms with E-state index in [4.69, 9.17) is 0 Å². The van der Waals surface area contributed by atoms with Crippen LogP contribution in [0.3, 0.4) is 0 Å². The summed E-state index contributed by atoms with van der Waals surface area (Å²) >= 11 is 4.08. The highest BCUT2D eigenvalue weighted by atomic mass is 32.1. The van der Waals surface area contributed by atoms with E-state index in [2.05, 4.69) is 24.5 Å². The number of hydrogen-bond acceptors (Lipinski definition) is 2. The second kappa shape index (κ2) is 7.66. The number of thiol groups is 1. The summed E-state index contributed by atoms with van der Waals surface area (Å²) in [5.41, 5.74) is 0. The fourth-order valence-electron chi connectivity index (χ4n) is 0.697. The van der Waals surface area contributed by atoms with E-state index in [-0.39, 0.29) is 5.91 Å². The molecule has 11 heavy (non-hydrogen) atoms. The fraction of sp³-hybridized carbons (Fsp3) is 0.625. The lowest BCUT2D eigenvalue weighted by Crippen LogP contribution is -2.21. The van der Waals surface area contributed by atoms with E-state index in [9.17, 15) is 4.79 Å². The summed E-state index contributed by atoms with van der Waals surface area (Å²) in [5, 5.41) is 2.71. The molecule has 0 aliphatic carbocycles. The molecule has 0 bridgehead atoms. The Morgan fingerprint density at radius 3 is 2.73 bits per heavy atom. The minimum Gasteiger partial charge on any atom is -0.353 e. The predicted octanol–water partition coefficient (Wildman–Crippen LogP) is 1.39. The number of unbranched alkanes of at least 4 members (excludes halogenated alkanes) is 2. The van der Waals surface area contributed by atoms with Crippen molar-refractivity contribution in [3.05, 3.63) is 12.7 Å². The van der Waals surface area contributed by atoms with Crippen LogP contribution in [0.25, 0.3) is 0 Å². The molecule has 0 radical (unpaired) electrons. The molecular formula is C8H15NOS. The Kier molecular flexibility index (Phi) is 7.36. The van der Waals surface area contributed by atoms with E-state index in [1.807, 2.05) is 0 Å². The Morgan fingerprint density at radius 2 is 2.18 bits per heavy atom. The molecule has 64 valence electrons. The van der Waals surface area contributed by atoms with Crippen LogP contribution in [-0.4, -0.2) is 18.2 Å². The minimum absolute atomic E-state index is 0.0872. The Labute approximate surface area is 73.5 Å². The van der Waals surface area contributed by atoms with Gasteiger partial charge in [-0.05, 0) is 24.7 Å². The molecule has 0 atom stereocenters. The van der Waals surface area contributed by atoms with Gasteiger partial charge in [-0.2, -0.15) is 12.6 Å². The van der Waals surface area contributed by atoms with Crippen molar-refractivity contribution in [3.63, 3.8) is 0 Å². The van der Waals surface area contributed by atoms with E-state index in [1.54, 1.807) is 0 Å². The molecule has 0 fully saturated rings. The van der Waals surface area contributed by atoms with Crippen LogP contribution in [0, 0.1) is 0 Å². The van der Waals surface area contributed by atoms with Gasteiger partial charge in [0.05, 0.1) is 0 Å². The second-order valence-electron chi connectivity index (χ2n) is 2.28. The van der Waals surface area contributed by atoms with Gasteiger partial charge in [0, 0.05) is 6.54 Å². The van der Waals surface area contributed by atoms with Crippen LogP contribution < -0.4 is 5.32 Å². The highest BCUT2D eigenvalue weighted by Crippen LogP contribution is 1.94. The van der Waals surface area contributed by atoms with Gasteiger partial charge in [-0.15, -0.1) is 0 Å². The summed E-state index contributed by atoms with van der Waals surface area (Å²) in [4.78, 5) is 10.6. The average Bonchev–Trinajstić information content (AvgIpc) is 2.04. The maximum absolute atomic E-state index is 10.6. The molecule has 0 rings (SSSR count). The fourth-order valence-corrected chi connectivity index (χ4v) is 0.921. The zero-order chi connectivity index (χ0) is 8.53. The Bertz CT molecular complexity index is 125. The smallest absolute Gasteiger partial charge is 0.243 e. The van der Waals surface area contributed by atoms with Crippen LogP contribution in [0.1, 0.15) is 19.3 Å². The molecule has 0 aliphatic rings. The monoisotopic (exact) mass is 173 g/mol. The van der Waals surface area contributed by atoms with Crippen molar-refractivity contribution in [2.45, 2.75) is 19.3 Å². The van der Waals surface area contributed by atoms with Crippen molar-refractivity contribution in [1.82, 2.24) is 5.32 Å². The molecule has 2 nitrogen and oxygen atoms in total. The lowest BCUT2D eigenvalue weighted by Gasteiger charge is -1.99. The number of nitrogens with one attached hydrogen (secondary N) is 1. The molecule has 1 amide bonds. The van der Waals surface area contributed by atoms with Crippen LogP contribution in [0.15, 0.2) is 12.7 Å². The maximum Gasteiger partial charge on any atom is 0.243 e. The molecule has 0 heterocycles. The van der Waals surface area contributed by atoms with Gasteiger partial charge in [0.2, 0.25) is 5.91 Å². The largest absolute Gasteiger partial charge is 0.353 e. The molecule has 0 spiro atoms. The van der Waals surface area contributed by atoms with Gasteiger partial charge in [-0.1, -0.05) is 13.0 Å². The summed E-state index contributed by atoms with van der Waals surface area (Å²) in [6.45, 7) is 4.10. The topological polar surface area (TPSA) is 29.1 Å². The molecular weight excluding hydrogens is 158 g/mol. The third kappa shape index (κ3) is 7.46. The summed E-state index contributed by atoms with van der Waals surface area (Å²) in [5.74, 6) is 0.839. The Hall–Kier alpha value is -0.440. The standard InChI is InChI=1S/C8H15NOS/c1-2-8(10)9-6-4-3-5-7-11/h2,11H,1,3-7H2,(H,9,10). The van der Waals surface area contributed by atoms with Gasteiger partial charge in [0.25, 0.3) is 0 Å². The molecule has 0 aromatic rings. The SMILES string of the molecule is C=CC(=O)NCCCCCS. The predicted molar refractivity (Wildman–Crippen MR) is 50.9 cm³/mol. The number of carbonyl (C=O) groups is 1. The number of amides is 1. The molecule has 0 aromatic carbocycles. The molecule has 1 N–H and O–H groups in total. The van der Waals surface area contributed by atoms with E-state index in [0.717, 1.165) is 31.6 Å². The maximum atomic E-state index is 10.6. The third-order valence-corrected chi connectivity index (χ3v) is 1.64. The summed E-state index contributed by atoms with van der Waals surface area (Å²) < 4.78 is 0. The molecule has 0 aliphatic heterocycles. The van der Waals surface area contributed by atoms with Gasteiger partial charge < -0.3 is 5.32 Å². The second-order valence-corrected chi connectivity index (χ2v) is 2.73. The van der Waals surface area contributed by atoms with Crippen molar-refractivity contribution in [1.29, 1.82) is 0 Å². The Morgan fingerprint density at radius 1 is 1.45 bits per heavy atom. The van der Waals surface area contributed by atoms with Gasteiger partial charge in [-0.25, -0.2) is 0 Å².